The van der Waals surface area contributed by atoms with E-state index in [1.54, 1.807) is 11.8 Å². The van der Waals surface area contributed by atoms with Gasteiger partial charge in [-0.3, -0.25) is 4.57 Å². The molecule has 0 saturated carbocycles. The van der Waals surface area contributed by atoms with Crippen molar-refractivity contribution in [3.63, 3.8) is 0 Å². The Bertz CT molecular complexity index is 1180. The Labute approximate surface area is 205 Å². The summed E-state index contributed by atoms with van der Waals surface area (Å²) in [5.74, 6) is 2.31. The molecule has 3 aromatic carbocycles. The molecule has 0 bridgehead atoms. The second kappa shape index (κ2) is 10.4. The average Bonchev–Trinajstić information content (AvgIpc) is 3.20. The maximum absolute atomic E-state index is 6.19. The van der Waals surface area contributed by atoms with Crippen molar-refractivity contribution in [1.29, 1.82) is 0 Å². The maximum Gasteiger partial charge on any atom is 0.191 e. The summed E-state index contributed by atoms with van der Waals surface area (Å²) in [6, 6.07) is 26.6. The number of nitrogens with zero attached hydrogens (tertiary/aromatic N) is 3. The molecule has 0 unspecified atom stereocenters. The van der Waals surface area contributed by atoms with E-state index in [0.717, 1.165) is 22.3 Å². The molecule has 0 aliphatic carbocycles. The van der Waals surface area contributed by atoms with Crippen molar-refractivity contribution in [3.05, 3.63) is 95.0 Å². The van der Waals surface area contributed by atoms with Crippen LogP contribution in [0.25, 0.3) is 11.4 Å². The van der Waals surface area contributed by atoms with E-state index in [9.17, 15) is 0 Å². The summed E-state index contributed by atoms with van der Waals surface area (Å²) in [7, 11) is 0. The molecule has 0 aliphatic rings. The Morgan fingerprint density at radius 1 is 0.879 bits per heavy atom. The Kier molecular flexibility index (Phi) is 7.41. The molecular weight excluding hydrogens is 450 g/mol. The van der Waals surface area contributed by atoms with Crippen LogP contribution in [-0.2, 0) is 12.0 Å². The molecule has 0 fully saturated rings. The van der Waals surface area contributed by atoms with Crippen LogP contribution < -0.4 is 4.74 Å². The highest BCUT2D eigenvalue weighted by atomic mass is 35.5. The van der Waals surface area contributed by atoms with Gasteiger partial charge < -0.3 is 4.74 Å². The summed E-state index contributed by atoms with van der Waals surface area (Å²) in [5, 5.41) is 10.6. The first-order chi connectivity index (χ1) is 15.9. The Morgan fingerprint density at radius 3 is 2.27 bits per heavy atom. The monoisotopic (exact) mass is 477 g/mol. The van der Waals surface area contributed by atoms with E-state index in [-0.39, 0.29) is 5.41 Å². The van der Waals surface area contributed by atoms with Gasteiger partial charge in [0.05, 0.1) is 18.2 Å². The van der Waals surface area contributed by atoms with Crippen molar-refractivity contribution in [3.8, 4) is 17.1 Å². The minimum Gasteiger partial charge on any atom is -0.491 e. The molecule has 0 aliphatic heterocycles. The van der Waals surface area contributed by atoms with Crippen LogP contribution in [0.5, 0.6) is 5.75 Å². The summed E-state index contributed by atoms with van der Waals surface area (Å²) in [5.41, 5.74) is 3.68. The highest BCUT2D eigenvalue weighted by Crippen LogP contribution is 2.29. The van der Waals surface area contributed by atoms with E-state index in [1.165, 1.54) is 11.1 Å². The standard InChI is InChI=1S/C27H28ClN3OS/c1-27(2,3)22-15-13-21(14-16-22)25-29-30-26(31(25)19-20-9-5-4-6-10-20)33-18-17-32-24-12-8-7-11-23(24)28/h4-16H,17-19H2,1-3H3. The van der Waals surface area contributed by atoms with Crippen LogP contribution in [0.1, 0.15) is 31.9 Å². The molecule has 4 aromatic rings. The lowest BCUT2D eigenvalue weighted by atomic mass is 9.87. The minimum atomic E-state index is 0.110. The molecule has 6 heteroatoms. The lowest BCUT2D eigenvalue weighted by Crippen LogP contribution is -2.10. The van der Waals surface area contributed by atoms with E-state index in [1.807, 2.05) is 30.3 Å². The van der Waals surface area contributed by atoms with E-state index in [2.05, 4.69) is 84.1 Å². The lowest BCUT2D eigenvalue weighted by Gasteiger charge is -2.19. The van der Waals surface area contributed by atoms with Gasteiger partial charge in [-0.15, -0.1) is 10.2 Å². The number of ether oxygens (including phenoxy) is 1. The molecule has 0 amide bonds. The quantitative estimate of drug-likeness (QED) is 0.200. The van der Waals surface area contributed by atoms with Crippen LogP contribution in [0.15, 0.2) is 84.0 Å². The van der Waals surface area contributed by atoms with Crippen molar-refractivity contribution in [2.24, 2.45) is 0 Å². The zero-order valence-corrected chi connectivity index (χ0v) is 20.7. The van der Waals surface area contributed by atoms with Gasteiger partial charge in [0.2, 0.25) is 0 Å². The van der Waals surface area contributed by atoms with Crippen LogP contribution in [0.3, 0.4) is 0 Å². The summed E-state index contributed by atoms with van der Waals surface area (Å²) < 4.78 is 8.03. The third-order valence-corrected chi connectivity index (χ3v) is 6.56. The van der Waals surface area contributed by atoms with Gasteiger partial charge in [0.1, 0.15) is 5.75 Å². The number of benzene rings is 3. The van der Waals surface area contributed by atoms with Gasteiger partial charge in [-0.25, -0.2) is 0 Å². The molecule has 0 saturated heterocycles. The second-order valence-corrected chi connectivity index (χ2v) is 10.3. The molecule has 170 valence electrons. The maximum atomic E-state index is 6.19. The van der Waals surface area contributed by atoms with Gasteiger partial charge in [-0.2, -0.15) is 0 Å². The van der Waals surface area contributed by atoms with Gasteiger partial charge in [0.25, 0.3) is 0 Å². The molecule has 33 heavy (non-hydrogen) atoms. The van der Waals surface area contributed by atoms with Crippen LogP contribution in [0.2, 0.25) is 5.02 Å². The number of thioether (sulfide) groups is 1. The SMILES string of the molecule is CC(C)(C)c1ccc(-c2nnc(SCCOc3ccccc3Cl)n2Cc2ccccc2)cc1. The molecule has 4 rings (SSSR count). The summed E-state index contributed by atoms with van der Waals surface area (Å²) in [6.45, 7) is 7.90. The summed E-state index contributed by atoms with van der Waals surface area (Å²) >= 11 is 7.82. The predicted molar refractivity (Wildman–Crippen MR) is 137 cm³/mol. The average molecular weight is 478 g/mol. The first-order valence-electron chi connectivity index (χ1n) is 11.0. The topological polar surface area (TPSA) is 39.9 Å². The van der Waals surface area contributed by atoms with Crippen LogP contribution in [0.4, 0.5) is 0 Å². The molecular formula is C27H28ClN3OS. The van der Waals surface area contributed by atoms with Crippen molar-refractivity contribution in [2.45, 2.75) is 37.9 Å². The van der Waals surface area contributed by atoms with Gasteiger partial charge in [-0.1, -0.05) is 111 Å². The van der Waals surface area contributed by atoms with Gasteiger partial charge in [0.15, 0.2) is 11.0 Å². The fourth-order valence-corrected chi connectivity index (χ4v) is 4.43. The van der Waals surface area contributed by atoms with Crippen molar-refractivity contribution in [1.82, 2.24) is 14.8 Å². The Morgan fingerprint density at radius 2 is 1.58 bits per heavy atom. The predicted octanol–water partition coefficient (Wildman–Crippen LogP) is 7.12. The Balaban J connectivity index is 1.54. The minimum absolute atomic E-state index is 0.110. The molecule has 1 aromatic heterocycles. The zero-order valence-electron chi connectivity index (χ0n) is 19.2. The van der Waals surface area contributed by atoms with Crippen LogP contribution in [-0.4, -0.2) is 27.1 Å². The van der Waals surface area contributed by atoms with E-state index < -0.39 is 0 Å². The first-order valence-corrected chi connectivity index (χ1v) is 12.4. The van der Waals surface area contributed by atoms with E-state index in [4.69, 9.17) is 16.3 Å². The number of halogens is 1. The third kappa shape index (κ3) is 5.98. The number of hydrogen-bond donors (Lipinski definition) is 0. The third-order valence-electron chi connectivity index (χ3n) is 5.32. The largest absolute Gasteiger partial charge is 0.491 e. The highest BCUT2D eigenvalue weighted by Gasteiger charge is 2.17. The number of hydrogen-bond acceptors (Lipinski definition) is 4. The first kappa shape index (κ1) is 23.4. The van der Waals surface area contributed by atoms with E-state index >= 15 is 0 Å². The Hall–Kier alpha value is -2.76. The van der Waals surface area contributed by atoms with E-state index in [0.29, 0.717) is 23.9 Å². The van der Waals surface area contributed by atoms with Crippen molar-refractivity contribution >= 4 is 23.4 Å². The number of para-hydroxylation sites is 1. The second-order valence-electron chi connectivity index (χ2n) is 8.83. The molecule has 0 radical (unpaired) electrons. The van der Waals surface area contributed by atoms with Gasteiger partial charge in [-0.05, 0) is 28.7 Å². The lowest BCUT2D eigenvalue weighted by molar-refractivity contribution is 0.344. The van der Waals surface area contributed by atoms with Crippen LogP contribution in [0, 0.1) is 0 Å². The van der Waals surface area contributed by atoms with Crippen molar-refractivity contribution in [2.75, 3.05) is 12.4 Å². The fourth-order valence-electron chi connectivity index (χ4n) is 3.48. The van der Waals surface area contributed by atoms with Crippen LogP contribution >= 0.6 is 23.4 Å². The normalized spacial score (nSPS) is 11.5. The summed E-state index contributed by atoms with van der Waals surface area (Å²) in [6.07, 6.45) is 0. The molecule has 0 N–H and O–H groups in total. The number of rotatable bonds is 8. The summed E-state index contributed by atoms with van der Waals surface area (Å²) in [4.78, 5) is 0. The zero-order chi connectivity index (χ0) is 23.3. The highest BCUT2D eigenvalue weighted by molar-refractivity contribution is 7.99. The molecule has 4 nitrogen and oxygen atoms in total. The van der Waals surface area contributed by atoms with Gasteiger partial charge in [0, 0.05) is 11.3 Å². The van der Waals surface area contributed by atoms with Crippen molar-refractivity contribution < 1.29 is 4.74 Å². The molecule has 0 atom stereocenters. The number of aromatic nitrogens is 3. The smallest absolute Gasteiger partial charge is 0.191 e. The molecule has 0 spiro atoms. The fraction of sp³-hybridized carbons (Fsp3) is 0.259. The molecule has 1 heterocycles. The van der Waals surface area contributed by atoms with Gasteiger partial charge >= 0.3 is 0 Å².